The molecule has 7 nitrogen and oxygen atoms in total. The van der Waals surface area contributed by atoms with Crippen molar-refractivity contribution in [2.24, 2.45) is 0 Å². The molecule has 1 aliphatic heterocycles. The third-order valence-electron chi connectivity index (χ3n) is 5.43. The zero-order valence-electron chi connectivity index (χ0n) is 16.2. The number of sulfone groups is 2. The molecule has 0 saturated carbocycles. The Balaban J connectivity index is 1.38. The van der Waals surface area contributed by atoms with Gasteiger partial charge in [0.05, 0.1) is 21.7 Å². The largest absolute Gasteiger partial charge is 0.361 e. The summed E-state index contributed by atoms with van der Waals surface area (Å²) in [5, 5.41) is 3.05. The van der Waals surface area contributed by atoms with Gasteiger partial charge in [0.1, 0.15) is 0 Å². The van der Waals surface area contributed by atoms with Gasteiger partial charge in [0.2, 0.25) is 0 Å². The maximum atomic E-state index is 12.6. The first-order valence-electron chi connectivity index (χ1n) is 9.64. The van der Waals surface area contributed by atoms with Crippen molar-refractivity contribution in [3.63, 3.8) is 0 Å². The smallest absolute Gasteiger partial charge is 0.251 e. The molecule has 1 aromatic heterocycles. The minimum atomic E-state index is -3.73. The van der Waals surface area contributed by atoms with E-state index in [-0.39, 0.29) is 28.7 Å². The van der Waals surface area contributed by atoms with Gasteiger partial charge in [-0.3, -0.25) is 4.79 Å². The van der Waals surface area contributed by atoms with Crippen LogP contribution in [0.5, 0.6) is 0 Å². The Morgan fingerprint density at radius 1 is 1.10 bits per heavy atom. The van der Waals surface area contributed by atoms with Crippen molar-refractivity contribution in [2.45, 2.75) is 23.0 Å². The van der Waals surface area contributed by atoms with Crippen LogP contribution in [0.3, 0.4) is 0 Å². The van der Waals surface area contributed by atoms with E-state index in [9.17, 15) is 21.6 Å². The lowest BCUT2D eigenvalue weighted by molar-refractivity contribution is 0.0954. The van der Waals surface area contributed by atoms with E-state index in [2.05, 4.69) is 10.3 Å². The molecule has 0 spiro atoms. The number of carbonyl (C=O) groups is 1. The van der Waals surface area contributed by atoms with Gasteiger partial charge < -0.3 is 10.3 Å². The summed E-state index contributed by atoms with van der Waals surface area (Å²) in [4.78, 5) is 15.6. The molecule has 3 aromatic rings. The summed E-state index contributed by atoms with van der Waals surface area (Å²) in [6, 6.07) is 13.6. The second-order valence-electron chi connectivity index (χ2n) is 7.46. The molecular formula is C21H22N2O5S2. The number of hydrogen-bond donors (Lipinski definition) is 2. The minimum absolute atomic E-state index is 0.0416. The van der Waals surface area contributed by atoms with Crippen LogP contribution in [-0.4, -0.2) is 51.0 Å². The van der Waals surface area contributed by atoms with Crippen LogP contribution in [0.4, 0.5) is 0 Å². The molecule has 0 bridgehead atoms. The van der Waals surface area contributed by atoms with Crippen LogP contribution in [0.2, 0.25) is 0 Å². The number of aromatic amines is 1. The molecule has 1 fully saturated rings. The molecule has 1 atom stereocenters. The molecule has 4 rings (SSSR count). The molecule has 158 valence electrons. The zero-order chi connectivity index (χ0) is 21.4. The average molecular weight is 447 g/mol. The van der Waals surface area contributed by atoms with Gasteiger partial charge in [0.15, 0.2) is 19.7 Å². The molecule has 0 aliphatic carbocycles. The molecular weight excluding hydrogens is 424 g/mol. The number of hydrogen-bond acceptors (Lipinski definition) is 5. The summed E-state index contributed by atoms with van der Waals surface area (Å²) in [6.07, 6.45) is 2.71. The maximum Gasteiger partial charge on any atom is 0.251 e. The van der Waals surface area contributed by atoms with Gasteiger partial charge in [-0.15, -0.1) is 0 Å². The number of nitrogens with one attached hydrogen (secondary N) is 2. The molecule has 0 radical (unpaired) electrons. The second-order valence-corrected chi connectivity index (χ2v) is 11.9. The molecule has 1 saturated heterocycles. The molecule has 1 amide bonds. The van der Waals surface area contributed by atoms with E-state index < -0.39 is 24.9 Å². The van der Waals surface area contributed by atoms with Crippen LogP contribution in [0.1, 0.15) is 22.3 Å². The molecule has 1 aliphatic rings. The fourth-order valence-electron chi connectivity index (χ4n) is 3.75. The Morgan fingerprint density at radius 3 is 2.53 bits per heavy atom. The lowest BCUT2D eigenvalue weighted by Gasteiger charge is -2.11. The standard InChI is InChI=1S/C21H22N2O5S2/c24-21(22-11-9-16-13-23-20-4-2-1-3-19(16)20)15-5-7-17(8-6-15)30(27,28)18-10-12-29(25,26)14-18/h1-8,13,18,23H,9-12,14H2,(H,22,24). The van der Waals surface area contributed by atoms with E-state index in [1.165, 1.54) is 24.3 Å². The quantitative estimate of drug-likeness (QED) is 0.602. The number of benzene rings is 2. The van der Waals surface area contributed by atoms with Gasteiger partial charge in [0.25, 0.3) is 5.91 Å². The predicted molar refractivity (Wildman–Crippen MR) is 115 cm³/mol. The lowest BCUT2D eigenvalue weighted by Crippen LogP contribution is -2.26. The Hall–Kier alpha value is -2.65. The van der Waals surface area contributed by atoms with Crippen LogP contribution in [0.15, 0.2) is 59.6 Å². The number of fused-ring (bicyclic) bond motifs is 1. The predicted octanol–water partition coefficient (Wildman–Crippen LogP) is 2.10. The first-order chi connectivity index (χ1) is 14.3. The van der Waals surface area contributed by atoms with Crippen molar-refractivity contribution >= 4 is 36.5 Å². The Labute approximate surface area is 175 Å². The number of aromatic nitrogens is 1. The van der Waals surface area contributed by atoms with Gasteiger partial charge in [0, 0.05) is 29.2 Å². The highest BCUT2D eigenvalue weighted by Crippen LogP contribution is 2.25. The normalized spacial score (nSPS) is 18.5. The monoisotopic (exact) mass is 446 g/mol. The van der Waals surface area contributed by atoms with Crippen molar-refractivity contribution in [2.75, 3.05) is 18.1 Å². The third-order valence-corrected chi connectivity index (χ3v) is 9.62. The van der Waals surface area contributed by atoms with Gasteiger partial charge in [-0.05, 0) is 48.7 Å². The van der Waals surface area contributed by atoms with Crippen LogP contribution < -0.4 is 5.32 Å². The highest BCUT2D eigenvalue weighted by atomic mass is 32.2. The molecule has 2 aromatic carbocycles. The van der Waals surface area contributed by atoms with Gasteiger partial charge in [-0.2, -0.15) is 0 Å². The summed E-state index contributed by atoms with van der Waals surface area (Å²) >= 11 is 0. The Kier molecular flexibility index (Phi) is 5.42. The second kappa shape index (κ2) is 7.88. The van der Waals surface area contributed by atoms with Crippen molar-refractivity contribution in [1.82, 2.24) is 10.3 Å². The van der Waals surface area contributed by atoms with Gasteiger partial charge in [-0.1, -0.05) is 18.2 Å². The van der Waals surface area contributed by atoms with Gasteiger partial charge in [-0.25, -0.2) is 16.8 Å². The SMILES string of the molecule is O=C(NCCc1c[nH]c2ccccc12)c1ccc(S(=O)(=O)C2CCS(=O)(=O)C2)cc1. The summed E-state index contributed by atoms with van der Waals surface area (Å²) in [6.45, 7) is 0.445. The number of H-pyrrole nitrogens is 1. The van der Waals surface area contributed by atoms with Crippen molar-refractivity contribution in [3.05, 3.63) is 65.9 Å². The summed E-state index contributed by atoms with van der Waals surface area (Å²) in [7, 11) is -7.03. The fourth-order valence-corrected chi connectivity index (χ4v) is 8.11. The molecule has 30 heavy (non-hydrogen) atoms. The van der Waals surface area contributed by atoms with E-state index in [0.717, 1.165) is 16.5 Å². The van der Waals surface area contributed by atoms with Crippen molar-refractivity contribution in [3.8, 4) is 0 Å². The summed E-state index contributed by atoms with van der Waals surface area (Å²) in [5.41, 5.74) is 2.51. The fraction of sp³-hybridized carbons (Fsp3) is 0.286. The van der Waals surface area contributed by atoms with Crippen LogP contribution >= 0.6 is 0 Å². The molecule has 2 heterocycles. The van der Waals surface area contributed by atoms with E-state index in [4.69, 9.17) is 0 Å². The van der Waals surface area contributed by atoms with Gasteiger partial charge >= 0.3 is 0 Å². The number of carbonyl (C=O) groups excluding carboxylic acids is 1. The zero-order valence-corrected chi connectivity index (χ0v) is 17.8. The van der Waals surface area contributed by atoms with E-state index >= 15 is 0 Å². The average Bonchev–Trinajstić information content (AvgIpc) is 3.31. The van der Waals surface area contributed by atoms with Crippen LogP contribution in [0, 0.1) is 0 Å². The Bertz CT molecular complexity index is 1290. The number of amides is 1. The van der Waals surface area contributed by atoms with Crippen molar-refractivity contribution in [1.29, 1.82) is 0 Å². The first kappa shape index (κ1) is 20.6. The van der Waals surface area contributed by atoms with E-state index in [1.807, 2.05) is 30.5 Å². The van der Waals surface area contributed by atoms with E-state index in [0.29, 0.717) is 18.5 Å². The minimum Gasteiger partial charge on any atom is -0.361 e. The highest BCUT2D eigenvalue weighted by molar-refractivity contribution is 7.96. The highest BCUT2D eigenvalue weighted by Gasteiger charge is 2.37. The Morgan fingerprint density at radius 2 is 1.83 bits per heavy atom. The maximum absolute atomic E-state index is 12.6. The summed E-state index contributed by atoms with van der Waals surface area (Å²) in [5.74, 6) is -0.735. The molecule has 1 unspecified atom stereocenters. The summed E-state index contributed by atoms with van der Waals surface area (Å²) < 4.78 is 48.5. The molecule has 9 heteroatoms. The first-order valence-corrected chi connectivity index (χ1v) is 13.0. The number of para-hydroxylation sites is 1. The number of rotatable bonds is 6. The van der Waals surface area contributed by atoms with Crippen LogP contribution in [-0.2, 0) is 26.1 Å². The topological polar surface area (TPSA) is 113 Å². The molecule has 2 N–H and O–H groups in total. The third kappa shape index (κ3) is 4.13. The van der Waals surface area contributed by atoms with Crippen LogP contribution in [0.25, 0.3) is 10.9 Å². The van der Waals surface area contributed by atoms with E-state index in [1.54, 1.807) is 0 Å². The van der Waals surface area contributed by atoms with Crippen molar-refractivity contribution < 1.29 is 21.6 Å². The lowest BCUT2D eigenvalue weighted by atomic mass is 10.1.